The summed E-state index contributed by atoms with van der Waals surface area (Å²) in [7, 11) is 0. The van der Waals surface area contributed by atoms with Gasteiger partial charge >= 0.3 is 0 Å². The monoisotopic (exact) mass is 198 g/mol. The van der Waals surface area contributed by atoms with Gasteiger partial charge < -0.3 is 10.2 Å². The maximum Gasteiger partial charge on any atom is 0.242 e. The summed E-state index contributed by atoms with van der Waals surface area (Å²) in [4.78, 5) is 24.7. The normalized spacial score (nSPS) is 18.4. The highest BCUT2D eigenvalue weighted by Gasteiger charge is 2.30. The van der Waals surface area contributed by atoms with E-state index in [1.54, 1.807) is 4.90 Å². The fourth-order valence-electron chi connectivity index (χ4n) is 1.84. The average Bonchev–Trinajstić information content (AvgIpc) is 2.54. The van der Waals surface area contributed by atoms with E-state index in [-0.39, 0.29) is 17.9 Å². The lowest BCUT2D eigenvalue weighted by molar-refractivity contribution is -0.137. The van der Waals surface area contributed by atoms with Gasteiger partial charge in [-0.2, -0.15) is 0 Å². The fraction of sp³-hybridized carbons (Fsp3) is 0.800. The van der Waals surface area contributed by atoms with Crippen molar-refractivity contribution in [2.45, 2.75) is 39.2 Å². The molecule has 1 heterocycles. The maximum atomic E-state index is 11.6. The molecule has 0 saturated carbocycles. The average molecular weight is 198 g/mol. The third kappa shape index (κ3) is 2.25. The Labute approximate surface area is 84.7 Å². The first-order valence-corrected chi connectivity index (χ1v) is 5.27. The van der Waals surface area contributed by atoms with Crippen LogP contribution in [0.15, 0.2) is 0 Å². The van der Waals surface area contributed by atoms with E-state index in [4.69, 9.17) is 0 Å². The van der Waals surface area contributed by atoms with Crippen LogP contribution >= 0.6 is 0 Å². The molecule has 1 N–H and O–H groups in total. The number of nitrogens with one attached hydrogen (secondary N) is 1. The number of nitrogens with zero attached hydrogens (tertiary/aromatic N) is 1. The van der Waals surface area contributed by atoms with Gasteiger partial charge in [0.2, 0.25) is 11.8 Å². The second-order valence-corrected chi connectivity index (χ2v) is 3.51. The van der Waals surface area contributed by atoms with Crippen molar-refractivity contribution in [3.63, 3.8) is 0 Å². The number of hydrogen-bond acceptors (Lipinski definition) is 2. The van der Waals surface area contributed by atoms with Gasteiger partial charge in [0.05, 0.1) is 0 Å². The topological polar surface area (TPSA) is 49.4 Å². The van der Waals surface area contributed by atoms with Crippen molar-refractivity contribution in [1.29, 1.82) is 0 Å². The van der Waals surface area contributed by atoms with E-state index in [1.807, 2.05) is 13.8 Å². The maximum absolute atomic E-state index is 11.6. The summed E-state index contributed by atoms with van der Waals surface area (Å²) in [5.74, 6) is 0.0911. The fourth-order valence-corrected chi connectivity index (χ4v) is 1.84. The van der Waals surface area contributed by atoms with E-state index in [0.717, 1.165) is 13.0 Å². The number of likely N-dealkylation sites (N-methyl/N-ethyl adjacent to an activating group) is 1. The van der Waals surface area contributed by atoms with Gasteiger partial charge in [-0.25, -0.2) is 0 Å². The van der Waals surface area contributed by atoms with Gasteiger partial charge in [-0.1, -0.05) is 6.92 Å². The Bertz CT molecular complexity index is 228. The minimum Gasteiger partial charge on any atom is -0.355 e. The molecule has 0 aliphatic carbocycles. The number of amides is 2. The van der Waals surface area contributed by atoms with Crippen LogP contribution in [0, 0.1) is 0 Å². The zero-order valence-electron chi connectivity index (χ0n) is 8.88. The molecule has 1 atom stereocenters. The standard InChI is InChI=1S/C10H18N2O2/c1-3-8(10(14)11-4-2)12-7-5-6-9(12)13/h8H,3-7H2,1-2H3,(H,11,14)/t8-/m0/s1. The Balaban J connectivity index is 2.60. The van der Waals surface area contributed by atoms with E-state index < -0.39 is 0 Å². The first kappa shape index (κ1) is 11.0. The molecule has 4 nitrogen and oxygen atoms in total. The molecule has 0 unspecified atom stereocenters. The molecular weight excluding hydrogens is 180 g/mol. The summed E-state index contributed by atoms with van der Waals surface area (Å²) < 4.78 is 0. The minimum atomic E-state index is -0.259. The van der Waals surface area contributed by atoms with Crippen LogP contribution in [0.25, 0.3) is 0 Å². The summed E-state index contributed by atoms with van der Waals surface area (Å²) in [5.41, 5.74) is 0. The molecule has 1 fully saturated rings. The van der Waals surface area contributed by atoms with E-state index in [0.29, 0.717) is 19.4 Å². The van der Waals surface area contributed by atoms with Crippen molar-refractivity contribution < 1.29 is 9.59 Å². The van der Waals surface area contributed by atoms with E-state index in [9.17, 15) is 9.59 Å². The zero-order valence-corrected chi connectivity index (χ0v) is 8.88. The van der Waals surface area contributed by atoms with Gasteiger partial charge in [-0.3, -0.25) is 9.59 Å². The molecule has 1 saturated heterocycles. The van der Waals surface area contributed by atoms with Crippen molar-refractivity contribution in [3.05, 3.63) is 0 Å². The molecule has 0 radical (unpaired) electrons. The Morgan fingerprint density at radius 1 is 1.57 bits per heavy atom. The van der Waals surface area contributed by atoms with Crippen molar-refractivity contribution in [1.82, 2.24) is 10.2 Å². The van der Waals surface area contributed by atoms with Crippen LogP contribution in [0.4, 0.5) is 0 Å². The minimum absolute atomic E-state index is 0.0229. The largest absolute Gasteiger partial charge is 0.355 e. The molecule has 14 heavy (non-hydrogen) atoms. The highest BCUT2D eigenvalue weighted by atomic mass is 16.2. The summed E-state index contributed by atoms with van der Waals surface area (Å²) in [6.07, 6.45) is 2.17. The van der Waals surface area contributed by atoms with E-state index in [1.165, 1.54) is 0 Å². The zero-order chi connectivity index (χ0) is 10.6. The Morgan fingerprint density at radius 3 is 2.71 bits per heavy atom. The predicted octanol–water partition coefficient (Wildman–Crippen LogP) is 0.523. The molecule has 2 amide bonds. The number of hydrogen-bond donors (Lipinski definition) is 1. The molecule has 4 heteroatoms. The van der Waals surface area contributed by atoms with Gasteiger partial charge in [-0.05, 0) is 19.8 Å². The second-order valence-electron chi connectivity index (χ2n) is 3.51. The molecule has 0 aromatic rings. The van der Waals surface area contributed by atoms with Crippen molar-refractivity contribution >= 4 is 11.8 Å². The number of carbonyl (C=O) groups is 2. The molecule has 0 bridgehead atoms. The summed E-state index contributed by atoms with van der Waals surface area (Å²) in [6, 6.07) is -0.259. The molecule has 1 rings (SSSR count). The lowest BCUT2D eigenvalue weighted by Crippen LogP contribution is -2.47. The quantitative estimate of drug-likeness (QED) is 0.716. The highest BCUT2D eigenvalue weighted by Crippen LogP contribution is 2.15. The van der Waals surface area contributed by atoms with E-state index in [2.05, 4.69) is 5.32 Å². The Kier molecular flexibility index (Phi) is 3.92. The van der Waals surface area contributed by atoms with Crippen molar-refractivity contribution in [2.75, 3.05) is 13.1 Å². The number of likely N-dealkylation sites (tertiary alicyclic amines) is 1. The van der Waals surface area contributed by atoms with Gasteiger partial charge in [0.1, 0.15) is 6.04 Å². The first-order chi connectivity index (χ1) is 6.70. The van der Waals surface area contributed by atoms with Gasteiger partial charge in [-0.15, -0.1) is 0 Å². The lowest BCUT2D eigenvalue weighted by atomic mass is 10.2. The molecule has 1 aliphatic heterocycles. The van der Waals surface area contributed by atoms with Gasteiger partial charge in [0.25, 0.3) is 0 Å². The molecule has 0 spiro atoms. The lowest BCUT2D eigenvalue weighted by Gasteiger charge is -2.25. The molecule has 1 aliphatic rings. The van der Waals surface area contributed by atoms with Crippen molar-refractivity contribution in [2.24, 2.45) is 0 Å². The third-order valence-electron chi connectivity index (χ3n) is 2.53. The van der Waals surface area contributed by atoms with Crippen LogP contribution in [0.1, 0.15) is 33.1 Å². The first-order valence-electron chi connectivity index (χ1n) is 5.27. The van der Waals surface area contributed by atoms with Crippen LogP contribution in [0.2, 0.25) is 0 Å². The summed E-state index contributed by atoms with van der Waals surface area (Å²) in [6.45, 7) is 5.17. The van der Waals surface area contributed by atoms with Gasteiger partial charge in [0.15, 0.2) is 0 Å². The molecular formula is C10H18N2O2. The Hall–Kier alpha value is -1.06. The Morgan fingerprint density at radius 2 is 2.29 bits per heavy atom. The van der Waals surface area contributed by atoms with Crippen LogP contribution in [0.3, 0.4) is 0 Å². The molecule has 80 valence electrons. The van der Waals surface area contributed by atoms with Crippen LogP contribution < -0.4 is 5.32 Å². The van der Waals surface area contributed by atoms with Crippen LogP contribution in [0.5, 0.6) is 0 Å². The smallest absolute Gasteiger partial charge is 0.242 e. The predicted molar refractivity (Wildman–Crippen MR) is 53.7 cm³/mol. The second kappa shape index (κ2) is 4.98. The summed E-state index contributed by atoms with van der Waals surface area (Å²) in [5, 5.41) is 2.76. The molecule has 0 aromatic carbocycles. The highest BCUT2D eigenvalue weighted by molar-refractivity contribution is 5.88. The van der Waals surface area contributed by atoms with Crippen LogP contribution in [-0.2, 0) is 9.59 Å². The third-order valence-corrected chi connectivity index (χ3v) is 2.53. The SMILES string of the molecule is CCNC(=O)[C@H](CC)N1CCCC1=O. The van der Waals surface area contributed by atoms with E-state index >= 15 is 0 Å². The van der Waals surface area contributed by atoms with Gasteiger partial charge in [0, 0.05) is 19.5 Å². The molecule has 0 aromatic heterocycles. The summed E-state index contributed by atoms with van der Waals surface area (Å²) >= 11 is 0. The number of carbonyl (C=O) groups excluding carboxylic acids is 2. The van der Waals surface area contributed by atoms with Crippen molar-refractivity contribution in [3.8, 4) is 0 Å². The number of rotatable bonds is 4. The van der Waals surface area contributed by atoms with Crippen LogP contribution in [-0.4, -0.2) is 35.8 Å².